The largest absolute Gasteiger partial charge is 0.497 e. The molecule has 5 rings (SSSR count). The van der Waals surface area contributed by atoms with Crippen LogP contribution < -0.4 is 9.64 Å². The lowest BCUT2D eigenvalue weighted by Crippen LogP contribution is -2.29. The van der Waals surface area contributed by atoms with E-state index in [1.807, 2.05) is 42.5 Å². The van der Waals surface area contributed by atoms with Gasteiger partial charge in [0.25, 0.3) is 5.91 Å². The van der Waals surface area contributed by atoms with E-state index in [9.17, 15) is 9.59 Å². The molecule has 1 aliphatic rings. The maximum atomic E-state index is 13.7. The van der Waals surface area contributed by atoms with Gasteiger partial charge in [0, 0.05) is 21.8 Å². The molecule has 4 aromatic rings. The highest BCUT2D eigenvalue weighted by Gasteiger charge is 2.43. The number of nitrogens with zero attached hydrogens (tertiary/aromatic N) is 2. The molecule has 1 amide bonds. The number of halogens is 1. The number of aromatic nitrogens is 2. The van der Waals surface area contributed by atoms with Crippen molar-refractivity contribution in [2.24, 2.45) is 0 Å². The number of rotatable bonds is 6. The summed E-state index contributed by atoms with van der Waals surface area (Å²) in [6, 6.07) is 21.2. The molecule has 0 aliphatic carbocycles. The second kappa shape index (κ2) is 9.27. The lowest BCUT2D eigenvalue weighted by Gasteiger charge is -2.27. The Kier molecular flexibility index (Phi) is 6.01. The Balaban J connectivity index is 1.64. The van der Waals surface area contributed by atoms with Crippen LogP contribution >= 0.6 is 11.6 Å². The Morgan fingerprint density at radius 2 is 1.77 bits per heavy atom. The molecule has 7 nitrogen and oxygen atoms in total. The number of nitrogens with one attached hydrogen (secondary N) is 1. The smallest absolute Gasteiger partial charge is 0.338 e. The molecule has 0 bridgehead atoms. The first-order valence-electron chi connectivity index (χ1n) is 11.1. The van der Waals surface area contributed by atoms with Crippen LogP contribution in [0.3, 0.4) is 0 Å². The monoisotopic (exact) mass is 487 g/mol. The number of carbonyl (C=O) groups excluding carboxylic acids is 2. The van der Waals surface area contributed by atoms with Gasteiger partial charge in [0.1, 0.15) is 11.4 Å². The minimum absolute atomic E-state index is 0.235. The molecular weight excluding hydrogens is 466 g/mol. The lowest BCUT2D eigenvalue weighted by atomic mass is 9.95. The molecule has 2 heterocycles. The topological polar surface area (TPSA) is 84.5 Å². The van der Waals surface area contributed by atoms with Crippen LogP contribution in [0, 0.1) is 0 Å². The number of methoxy groups -OCH3 is 1. The summed E-state index contributed by atoms with van der Waals surface area (Å²) in [5, 5.41) is 7.96. The minimum atomic E-state index is -0.518. The van der Waals surface area contributed by atoms with Crippen molar-refractivity contribution in [2.75, 3.05) is 18.6 Å². The zero-order chi connectivity index (χ0) is 24.5. The van der Waals surface area contributed by atoms with Crippen LogP contribution in [0.25, 0.3) is 11.3 Å². The van der Waals surface area contributed by atoms with Crippen LogP contribution in [-0.2, 0) is 4.74 Å². The fourth-order valence-electron chi connectivity index (χ4n) is 4.35. The Morgan fingerprint density at radius 3 is 2.43 bits per heavy atom. The maximum Gasteiger partial charge on any atom is 0.338 e. The molecular formula is C27H22ClN3O4. The lowest BCUT2D eigenvalue weighted by molar-refractivity contribution is 0.0526. The van der Waals surface area contributed by atoms with E-state index in [1.54, 1.807) is 49.3 Å². The first-order chi connectivity index (χ1) is 17.0. The van der Waals surface area contributed by atoms with Crippen molar-refractivity contribution in [1.82, 2.24) is 10.2 Å². The first kappa shape index (κ1) is 22.7. The molecule has 3 aromatic carbocycles. The van der Waals surface area contributed by atoms with Crippen LogP contribution in [0.4, 0.5) is 5.69 Å². The predicted molar refractivity (Wildman–Crippen MR) is 133 cm³/mol. The number of H-pyrrole nitrogens is 1. The van der Waals surface area contributed by atoms with Gasteiger partial charge in [-0.3, -0.25) is 14.8 Å². The third-order valence-electron chi connectivity index (χ3n) is 5.99. The van der Waals surface area contributed by atoms with E-state index in [-0.39, 0.29) is 12.5 Å². The number of esters is 1. The molecule has 35 heavy (non-hydrogen) atoms. The second-order valence-corrected chi connectivity index (χ2v) is 8.36. The number of aromatic amines is 1. The third-order valence-corrected chi connectivity index (χ3v) is 6.33. The molecule has 8 heteroatoms. The maximum absolute atomic E-state index is 13.7. The summed E-state index contributed by atoms with van der Waals surface area (Å²) < 4.78 is 10.4. The van der Waals surface area contributed by atoms with E-state index >= 15 is 0 Å². The van der Waals surface area contributed by atoms with Crippen molar-refractivity contribution < 1.29 is 19.1 Å². The van der Waals surface area contributed by atoms with Gasteiger partial charge in [0.2, 0.25) is 0 Å². The highest BCUT2D eigenvalue weighted by atomic mass is 35.5. The molecule has 0 saturated carbocycles. The summed E-state index contributed by atoms with van der Waals surface area (Å²) in [6.45, 7) is 2.04. The normalized spacial score (nSPS) is 14.7. The van der Waals surface area contributed by atoms with Crippen LogP contribution in [0.1, 0.15) is 44.9 Å². The third kappa shape index (κ3) is 3.94. The van der Waals surface area contributed by atoms with Gasteiger partial charge in [0.05, 0.1) is 31.0 Å². The van der Waals surface area contributed by atoms with Crippen LogP contribution in [0.2, 0.25) is 5.02 Å². The molecule has 1 aliphatic heterocycles. The molecule has 0 spiro atoms. The zero-order valence-corrected chi connectivity index (χ0v) is 19.9. The number of anilines is 1. The van der Waals surface area contributed by atoms with Gasteiger partial charge in [-0.2, -0.15) is 5.10 Å². The summed E-state index contributed by atoms with van der Waals surface area (Å²) >= 11 is 6.63. The Hall–Kier alpha value is -4.10. The van der Waals surface area contributed by atoms with Crippen molar-refractivity contribution in [1.29, 1.82) is 0 Å². The average molecular weight is 488 g/mol. The van der Waals surface area contributed by atoms with Crippen molar-refractivity contribution in [3.63, 3.8) is 0 Å². The number of hydrogen-bond donors (Lipinski definition) is 1. The number of hydrogen-bond acceptors (Lipinski definition) is 5. The van der Waals surface area contributed by atoms with Crippen molar-refractivity contribution >= 4 is 29.2 Å². The van der Waals surface area contributed by atoms with E-state index in [4.69, 9.17) is 21.1 Å². The van der Waals surface area contributed by atoms with Crippen LogP contribution in [-0.4, -0.2) is 35.8 Å². The fourth-order valence-corrected chi connectivity index (χ4v) is 4.59. The summed E-state index contributed by atoms with van der Waals surface area (Å²) in [7, 11) is 1.61. The zero-order valence-electron chi connectivity index (χ0n) is 19.1. The number of benzene rings is 3. The quantitative estimate of drug-likeness (QED) is 0.354. The summed E-state index contributed by atoms with van der Waals surface area (Å²) in [4.78, 5) is 27.4. The average Bonchev–Trinajstić information content (AvgIpc) is 3.44. The molecule has 176 valence electrons. The van der Waals surface area contributed by atoms with E-state index < -0.39 is 12.0 Å². The molecule has 0 fully saturated rings. The van der Waals surface area contributed by atoms with Gasteiger partial charge < -0.3 is 9.47 Å². The number of ether oxygens (including phenoxy) is 2. The standard InChI is InChI=1S/C27H22ClN3O4/c1-3-35-27(33)17-8-12-18(13-9-17)31-25(20-6-4-5-7-21(20)28)22-23(29-30-24(22)26(31)32)16-10-14-19(34-2)15-11-16/h4-15,25H,3H2,1-2H3,(H,29,30)/t25-/m1/s1. The molecule has 1 N–H and O–H groups in total. The van der Waals surface area contributed by atoms with E-state index in [0.29, 0.717) is 27.7 Å². The highest BCUT2D eigenvalue weighted by Crippen LogP contribution is 2.46. The number of amides is 1. The molecule has 1 atom stereocenters. The molecule has 0 unspecified atom stereocenters. The predicted octanol–water partition coefficient (Wildman–Crippen LogP) is 5.67. The van der Waals surface area contributed by atoms with Crippen LogP contribution in [0.5, 0.6) is 5.75 Å². The number of carbonyl (C=O) groups is 2. The fraction of sp³-hybridized carbons (Fsp3) is 0.148. The Labute approximate surface area is 207 Å². The van der Waals surface area contributed by atoms with E-state index in [1.165, 1.54) is 0 Å². The van der Waals surface area contributed by atoms with Crippen molar-refractivity contribution in [2.45, 2.75) is 13.0 Å². The Bertz CT molecular complexity index is 1400. The molecule has 1 aromatic heterocycles. The summed E-state index contributed by atoms with van der Waals surface area (Å²) in [5.41, 5.74) is 4.44. The van der Waals surface area contributed by atoms with Gasteiger partial charge in [-0.25, -0.2) is 4.79 Å². The van der Waals surface area contributed by atoms with Gasteiger partial charge in [-0.1, -0.05) is 29.8 Å². The van der Waals surface area contributed by atoms with E-state index in [0.717, 1.165) is 22.4 Å². The van der Waals surface area contributed by atoms with Gasteiger partial charge in [0.15, 0.2) is 0 Å². The van der Waals surface area contributed by atoms with Crippen LogP contribution in [0.15, 0.2) is 72.8 Å². The number of fused-ring (bicyclic) bond motifs is 1. The first-order valence-corrected chi connectivity index (χ1v) is 11.5. The van der Waals surface area contributed by atoms with E-state index in [2.05, 4.69) is 10.2 Å². The molecule has 0 radical (unpaired) electrons. The summed E-state index contributed by atoms with van der Waals surface area (Å²) in [6.07, 6.45) is 0. The minimum Gasteiger partial charge on any atom is -0.497 e. The van der Waals surface area contributed by atoms with Crippen molar-refractivity contribution in [3.05, 3.63) is 100 Å². The van der Waals surface area contributed by atoms with Gasteiger partial charge in [-0.15, -0.1) is 0 Å². The second-order valence-electron chi connectivity index (χ2n) is 7.96. The van der Waals surface area contributed by atoms with Gasteiger partial charge in [-0.05, 0) is 67.1 Å². The summed E-state index contributed by atoms with van der Waals surface area (Å²) in [5.74, 6) is 0.0784. The molecule has 0 saturated heterocycles. The van der Waals surface area contributed by atoms with Gasteiger partial charge >= 0.3 is 5.97 Å². The SMILES string of the molecule is CCOC(=O)c1ccc(N2C(=O)c3[nH]nc(-c4ccc(OC)cc4)c3[C@H]2c2ccccc2Cl)cc1. The highest BCUT2D eigenvalue weighted by molar-refractivity contribution is 6.31. The Morgan fingerprint density at radius 1 is 1.06 bits per heavy atom. The van der Waals surface area contributed by atoms with Crippen molar-refractivity contribution in [3.8, 4) is 17.0 Å².